The Balaban J connectivity index is 1.77. The predicted molar refractivity (Wildman–Crippen MR) is 93.5 cm³/mol. The first kappa shape index (κ1) is 17.4. The summed E-state index contributed by atoms with van der Waals surface area (Å²) in [6.45, 7) is 3.70. The van der Waals surface area contributed by atoms with Crippen LogP contribution in [0.3, 0.4) is 0 Å². The van der Waals surface area contributed by atoms with Gasteiger partial charge in [0.05, 0.1) is 0 Å². The molecule has 0 spiro atoms. The highest BCUT2D eigenvalue weighted by atomic mass is 16.1. The second-order valence-electron chi connectivity index (χ2n) is 6.04. The van der Waals surface area contributed by atoms with Gasteiger partial charge in [-0.1, -0.05) is 31.4 Å². The number of nitrogens with one attached hydrogen (secondary N) is 2. The molecule has 0 atom stereocenters. The van der Waals surface area contributed by atoms with Crippen LogP contribution in [0.4, 0.5) is 5.82 Å². The van der Waals surface area contributed by atoms with Crippen molar-refractivity contribution in [3.05, 3.63) is 29.7 Å². The Hall–Kier alpha value is -1.91. The number of rotatable bonds is 9. The molecule has 0 bridgehead atoms. The van der Waals surface area contributed by atoms with Gasteiger partial charge in [-0.15, -0.1) is 0 Å². The molecule has 1 aliphatic carbocycles. The van der Waals surface area contributed by atoms with E-state index >= 15 is 0 Å². The fourth-order valence-corrected chi connectivity index (χ4v) is 2.73. The predicted octanol–water partition coefficient (Wildman–Crippen LogP) is 3.70. The first-order chi connectivity index (χ1) is 11.3. The van der Waals surface area contributed by atoms with Crippen LogP contribution in [-0.2, 0) is 0 Å². The van der Waals surface area contributed by atoms with Crippen molar-refractivity contribution in [3.63, 3.8) is 0 Å². The molecule has 0 unspecified atom stereocenters. The third-order valence-corrected chi connectivity index (χ3v) is 4.10. The van der Waals surface area contributed by atoms with Crippen molar-refractivity contribution >= 4 is 11.7 Å². The van der Waals surface area contributed by atoms with Crippen LogP contribution >= 0.6 is 0 Å². The number of aromatic nitrogens is 2. The van der Waals surface area contributed by atoms with Gasteiger partial charge in [0.15, 0.2) is 0 Å². The van der Waals surface area contributed by atoms with Gasteiger partial charge in [0, 0.05) is 19.2 Å². The van der Waals surface area contributed by atoms with Crippen LogP contribution in [0.2, 0.25) is 0 Å². The van der Waals surface area contributed by atoms with E-state index in [2.05, 4.69) is 33.6 Å². The van der Waals surface area contributed by atoms with Crippen molar-refractivity contribution in [2.24, 2.45) is 0 Å². The number of carbonyl (C=O) groups excluding carboxylic acids is 1. The van der Waals surface area contributed by atoms with Crippen LogP contribution in [0.15, 0.2) is 24.0 Å². The van der Waals surface area contributed by atoms with Crippen molar-refractivity contribution in [2.45, 2.75) is 58.3 Å². The molecule has 0 aromatic carbocycles. The molecule has 1 aromatic heterocycles. The van der Waals surface area contributed by atoms with Crippen LogP contribution < -0.4 is 10.6 Å². The number of hydrogen-bond acceptors (Lipinski definition) is 4. The molecule has 23 heavy (non-hydrogen) atoms. The number of nitrogens with zero attached hydrogens (tertiary/aromatic N) is 2. The number of allylic oxidation sites excluding steroid dienone is 1. The summed E-state index contributed by atoms with van der Waals surface area (Å²) in [5, 5.41) is 6.19. The fourth-order valence-electron chi connectivity index (χ4n) is 2.73. The van der Waals surface area contributed by atoms with E-state index in [1.54, 1.807) is 6.07 Å². The Labute approximate surface area is 139 Å². The SMILES string of the molecule is CCCCCNC(=O)c1cc(NCCC2=CCCCC2)ncn1. The topological polar surface area (TPSA) is 66.9 Å². The molecule has 0 saturated carbocycles. The highest BCUT2D eigenvalue weighted by Crippen LogP contribution is 2.19. The lowest BCUT2D eigenvalue weighted by Gasteiger charge is -2.13. The summed E-state index contributed by atoms with van der Waals surface area (Å²) in [7, 11) is 0. The van der Waals surface area contributed by atoms with Gasteiger partial charge < -0.3 is 10.6 Å². The zero-order valence-electron chi connectivity index (χ0n) is 14.1. The lowest BCUT2D eigenvalue weighted by molar-refractivity contribution is 0.0948. The molecular formula is C18H28N4O. The summed E-state index contributed by atoms with van der Waals surface area (Å²) >= 11 is 0. The van der Waals surface area contributed by atoms with E-state index in [-0.39, 0.29) is 5.91 Å². The van der Waals surface area contributed by atoms with E-state index in [0.29, 0.717) is 12.2 Å². The van der Waals surface area contributed by atoms with Crippen molar-refractivity contribution in [1.82, 2.24) is 15.3 Å². The molecule has 0 radical (unpaired) electrons. The Morgan fingerprint density at radius 3 is 2.91 bits per heavy atom. The second kappa shape index (κ2) is 9.98. The van der Waals surface area contributed by atoms with Crippen LogP contribution in [-0.4, -0.2) is 29.0 Å². The van der Waals surface area contributed by atoms with Crippen LogP contribution in [0.1, 0.15) is 68.8 Å². The molecule has 1 heterocycles. The maximum Gasteiger partial charge on any atom is 0.270 e. The molecule has 1 aromatic rings. The van der Waals surface area contributed by atoms with Crippen LogP contribution in [0.5, 0.6) is 0 Å². The number of carbonyl (C=O) groups is 1. The largest absolute Gasteiger partial charge is 0.370 e. The summed E-state index contributed by atoms with van der Waals surface area (Å²) in [5.74, 6) is 0.594. The van der Waals surface area contributed by atoms with Gasteiger partial charge >= 0.3 is 0 Å². The van der Waals surface area contributed by atoms with E-state index in [9.17, 15) is 4.79 Å². The van der Waals surface area contributed by atoms with Gasteiger partial charge in [-0.2, -0.15) is 0 Å². The van der Waals surface area contributed by atoms with Crippen LogP contribution in [0, 0.1) is 0 Å². The summed E-state index contributed by atoms with van der Waals surface area (Å²) < 4.78 is 0. The standard InChI is InChI=1S/C18H28N4O/c1-2-3-7-11-20-18(23)16-13-17(22-14-21-16)19-12-10-15-8-5-4-6-9-15/h8,13-14H,2-7,9-12H2,1H3,(H,20,23)(H,19,21,22). The minimum absolute atomic E-state index is 0.124. The first-order valence-corrected chi connectivity index (χ1v) is 8.81. The molecular weight excluding hydrogens is 288 g/mol. The molecule has 2 rings (SSSR count). The van der Waals surface area contributed by atoms with Gasteiger partial charge in [0.1, 0.15) is 17.8 Å². The van der Waals surface area contributed by atoms with Crippen molar-refractivity contribution in [3.8, 4) is 0 Å². The zero-order valence-corrected chi connectivity index (χ0v) is 14.1. The van der Waals surface area contributed by atoms with Crippen molar-refractivity contribution in [1.29, 1.82) is 0 Å². The van der Waals surface area contributed by atoms with E-state index in [1.165, 1.54) is 37.6 Å². The van der Waals surface area contributed by atoms with E-state index in [0.717, 1.165) is 38.0 Å². The van der Waals surface area contributed by atoms with E-state index in [4.69, 9.17) is 0 Å². The maximum atomic E-state index is 12.0. The van der Waals surface area contributed by atoms with Crippen LogP contribution in [0.25, 0.3) is 0 Å². The average Bonchev–Trinajstić information content (AvgIpc) is 2.60. The summed E-state index contributed by atoms with van der Waals surface area (Å²) in [6, 6.07) is 1.73. The molecule has 5 heteroatoms. The van der Waals surface area contributed by atoms with Gasteiger partial charge in [0.25, 0.3) is 5.91 Å². The minimum Gasteiger partial charge on any atom is -0.370 e. The fraction of sp³-hybridized carbons (Fsp3) is 0.611. The van der Waals surface area contributed by atoms with E-state index in [1.807, 2.05) is 0 Å². The van der Waals surface area contributed by atoms with Gasteiger partial charge in [0.2, 0.25) is 0 Å². The molecule has 126 valence electrons. The maximum absolute atomic E-state index is 12.0. The Kier molecular flexibility index (Phi) is 7.57. The Bertz CT molecular complexity index is 528. The lowest BCUT2D eigenvalue weighted by Crippen LogP contribution is -2.25. The van der Waals surface area contributed by atoms with Gasteiger partial charge in [-0.05, 0) is 38.5 Å². The number of amides is 1. The molecule has 2 N–H and O–H groups in total. The summed E-state index contributed by atoms with van der Waals surface area (Å²) in [5.41, 5.74) is 1.96. The molecule has 1 aliphatic rings. The summed E-state index contributed by atoms with van der Waals surface area (Å²) in [4.78, 5) is 20.3. The van der Waals surface area contributed by atoms with Crippen molar-refractivity contribution in [2.75, 3.05) is 18.4 Å². The lowest BCUT2D eigenvalue weighted by atomic mass is 9.97. The zero-order chi connectivity index (χ0) is 16.3. The molecule has 0 aliphatic heterocycles. The Morgan fingerprint density at radius 2 is 2.13 bits per heavy atom. The number of hydrogen-bond donors (Lipinski definition) is 2. The van der Waals surface area contributed by atoms with E-state index < -0.39 is 0 Å². The third-order valence-electron chi connectivity index (χ3n) is 4.10. The number of anilines is 1. The Morgan fingerprint density at radius 1 is 1.22 bits per heavy atom. The monoisotopic (exact) mass is 316 g/mol. The highest BCUT2D eigenvalue weighted by Gasteiger charge is 2.08. The minimum atomic E-state index is -0.124. The normalized spacial score (nSPS) is 14.2. The second-order valence-corrected chi connectivity index (χ2v) is 6.04. The molecule has 0 saturated heterocycles. The third kappa shape index (κ3) is 6.38. The number of unbranched alkanes of at least 4 members (excludes halogenated alkanes) is 2. The first-order valence-electron chi connectivity index (χ1n) is 8.81. The van der Waals surface area contributed by atoms with Gasteiger partial charge in [-0.25, -0.2) is 9.97 Å². The average molecular weight is 316 g/mol. The molecule has 1 amide bonds. The molecule has 0 fully saturated rings. The highest BCUT2D eigenvalue weighted by molar-refractivity contribution is 5.92. The summed E-state index contributed by atoms with van der Waals surface area (Å²) in [6.07, 6.45) is 13.2. The molecule has 5 nitrogen and oxygen atoms in total. The van der Waals surface area contributed by atoms with Gasteiger partial charge in [-0.3, -0.25) is 4.79 Å². The smallest absolute Gasteiger partial charge is 0.270 e. The van der Waals surface area contributed by atoms with Crippen molar-refractivity contribution < 1.29 is 4.79 Å². The quantitative estimate of drug-likeness (QED) is 0.538.